The average molecular weight is 261 g/mol. The summed E-state index contributed by atoms with van der Waals surface area (Å²) in [4.78, 5) is 0. The van der Waals surface area contributed by atoms with Gasteiger partial charge in [-0.15, -0.1) is 0 Å². The molecule has 0 amide bonds. The van der Waals surface area contributed by atoms with Crippen molar-refractivity contribution in [3.8, 4) is 0 Å². The lowest BCUT2D eigenvalue weighted by Gasteiger charge is -2.20. The smallest absolute Gasteiger partial charge is 0.155 e. The first kappa shape index (κ1) is 15.0. The number of sulfone groups is 1. The fourth-order valence-corrected chi connectivity index (χ4v) is 3.70. The van der Waals surface area contributed by atoms with E-state index in [1.807, 2.05) is 0 Å². The van der Waals surface area contributed by atoms with E-state index in [0.29, 0.717) is 17.7 Å². The van der Waals surface area contributed by atoms with Crippen molar-refractivity contribution in [2.45, 2.75) is 64.2 Å². The first-order chi connectivity index (χ1) is 7.76. The Labute approximate surface area is 106 Å². The summed E-state index contributed by atoms with van der Waals surface area (Å²) < 4.78 is 23.4. The Bertz CT molecular complexity index is 330. The van der Waals surface area contributed by atoms with Crippen LogP contribution in [0.1, 0.15) is 53.4 Å². The van der Waals surface area contributed by atoms with Crippen LogP contribution < -0.4 is 5.32 Å². The van der Waals surface area contributed by atoms with Crippen molar-refractivity contribution in [1.29, 1.82) is 0 Å². The minimum absolute atomic E-state index is 0.347. The van der Waals surface area contributed by atoms with Gasteiger partial charge in [0.15, 0.2) is 9.84 Å². The van der Waals surface area contributed by atoms with Gasteiger partial charge < -0.3 is 5.32 Å². The SMILES string of the molecule is CCNC1CCC(CCS(=O)(=O)C(C)(C)C)C1. The second-order valence-corrected chi connectivity index (χ2v) is 9.02. The lowest BCUT2D eigenvalue weighted by Crippen LogP contribution is -2.31. The van der Waals surface area contributed by atoms with Crippen molar-refractivity contribution in [2.24, 2.45) is 5.92 Å². The van der Waals surface area contributed by atoms with Crippen molar-refractivity contribution < 1.29 is 8.42 Å². The Morgan fingerprint density at radius 3 is 2.41 bits per heavy atom. The van der Waals surface area contributed by atoms with Crippen molar-refractivity contribution in [3.05, 3.63) is 0 Å². The number of hydrogen-bond acceptors (Lipinski definition) is 3. The highest BCUT2D eigenvalue weighted by atomic mass is 32.2. The largest absolute Gasteiger partial charge is 0.314 e. The standard InChI is InChI=1S/C13H27NO2S/c1-5-14-12-7-6-11(10-12)8-9-17(15,16)13(2,3)4/h11-12,14H,5-10H2,1-4H3. The normalized spacial score (nSPS) is 26.4. The number of nitrogens with one attached hydrogen (secondary N) is 1. The summed E-state index contributed by atoms with van der Waals surface area (Å²) in [7, 11) is -2.94. The van der Waals surface area contributed by atoms with Crippen LogP contribution in [0.2, 0.25) is 0 Å². The van der Waals surface area contributed by atoms with Crippen LogP contribution in [0.25, 0.3) is 0 Å². The zero-order valence-electron chi connectivity index (χ0n) is 11.6. The molecule has 0 heterocycles. The molecule has 4 heteroatoms. The second kappa shape index (κ2) is 5.70. The molecule has 2 atom stereocenters. The predicted octanol–water partition coefficient (Wildman–Crippen LogP) is 2.37. The molecule has 1 aliphatic rings. The summed E-state index contributed by atoms with van der Waals surface area (Å²) in [6.07, 6.45) is 4.36. The van der Waals surface area contributed by atoms with Crippen LogP contribution in [-0.2, 0) is 9.84 Å². The Hall–Kier alpha value is -0.0900. The predicted molar refractivity (Wildman–Crippen MR) is 73.0 cm³/mol. The molecule has 1 fully saturated rings. The van der Waals surface area contributed by atoms with E-state index in [0.717, 1.165) is 19.4 Å². The Morgan fingerprint density at radius 2 is 1.88 bits per heavy atom. The molecule has 0 radical (unpaired) electrons. The van der Waals surface area contributed by atoms with E-state index in [-0.39, 0.29) is 0 Å². The minimum Gasteiger partial charge on any atom is -0.314 e. The lowest BCUT2D eigenvalue weighted by molar-refractivity contribution is 0.479. The summed E-state index contributed by atoms with van der Waals surface area (Å²) in [6, 6.07) is 0.613. The van der Waals surface area contributed by atoms with Crippen molar-refractivity contribution in [2.75, 3.05) is 12.3 Å². The quantitative estimate of drug-likeness (QED) is 0.826. The fourth-order valence-electron chi connectivity index (χ4n) is 2.44. The average Bonchev–Trinajstić information content (AvgIpc) is 2.62. The molecule has 0 aromatic heterocycles. The molecule has 1 aliphatic carbocycles. The van der Waals surface area contributed by atoms with Gasteiger partial charge in [0, 0.05) is 6.04 Å². The van der Waals surface area contributed by atoms with Gasteiger partial charge in [-0.05, 0) is 58.9 Å². The third-order valence-corrected chi connectivity index (χ3v) is 6.40. The fraction of sp³-hybridized carbons (Fsp3) is 1.00. The van der Waals surface area contributed by atoms with Gasteiger partial charge in [-0.1, -0.05) is 6.92 Å². The van der Waals surface area contributed by atoms with Crippen LogP contribution in [-0.4, -0.2) is 31.5 Å². The van der Waals surface area contributed by atoms with Crippen molar-refractivity contribution >= 4 is 9.84 Å². The summed E-state index contributed by atoms with van der Waals surface area (Å²) >= 11 is 0. The lowest BCUT2D eigenvalue weighted by atomic mass is 10.1. The van der Waals surface area contributed by atoms with Gasteiger partial charge >= 0.3 is 0 Å². The van der Waals surface area contributed by atoms with Gasteiger partial charge in [-0.25, -0.2) is 8.42 Å². The van der Waals surface area contributed by atoms with Gasteiger partial charge in [0.05, 0.1) is 10.5 Å². The van der Waals surface area contributed by atoms with E-state index in [1.54, 1.807) is 20.8 Å². The summed E-state index contributed by atoms with van der Waals surface area (Å²) in [5.74, 6) is 0.941. The summed E-state index contributed by atoms with van der Waals surface area (Å²) in [5, 5.41) is 3.45. The molecule has 1 saturated carbocycles. The van der Waals surface area contributed by atoms with E-state index >= 15 is 0 Å². The third-order valence-electron chi connectivity index (χ3n) is 3.76. The Balaban J connectivity index is 2.38. The molecule has 1 rings (SSSR count). The zero-order valence-corrected chi connectivity index (χ0v) is 12.4. The molecule has 3 nitrogen and oxygen atoms in total. The zero-order chi connectivity index (χ0) is 13.1. The molecule has 0 aliphatic heterocycles. The van der Waals surface area contributed by atoms with Crippen molar-refractivity contribution in [3.63, 3.8) is 0 Å². The van der Waals surface area contributed by atoms with E-state index in [4.69, 9.17) is 0 Å². The van der Waals surface area contributed by atoms with E-state index < -0.39 is 14.6 Å². The van der Waals surface area contributed by atoms with Crippen LogP contribution in [0, 0.1) is 5.92 Å². The van der Waals surface area contributed by atoms with E-state index in [2.05, 4.69) is 12.2 Å². The van der Waals surface area contributed by atoms with Gasteiger partial charge in [-0.2, -0.15) is 0 Å². The molecule has 0 saturated heterocycles. The summed E-state index contributed by atoms with van der Waals surface area (Å²) in [5.41, 5.74) is 0. The molecule has 2 unspecified atom stereocenters. The van der Waals surface area contributed by atoms with Crippen LogP contribution in [0.4, 0.5) is 0 Å². The molecular formula is C13H27NO2S. The van der Waals surface area contributed by atoms with Gasteiger partial charge in [0.2, 0.25) is 0 Å². The Morgan fingerprint density at radius 1 is 1.24 bits per heavy atom. The topological polar surface area (TPSA) is 46.2 Å². The monoisotopic (exact) mass is 261 g/mol. The molecule has 0 aromatic carbocycles. The maximum atomic E-state index is 12.0. The van der Waals surface area contributed by atoms with Gasteiger partial charge in [0.25, 0.3) is 0 Å². The molecule has 17 heavy (non-hydrogen) atoms. The highest BCUT2D eigenvalue weighted by Crippen LogP contribution is 2.29. The van der Waals surface area contributed by atoms with Crippen LogP contribution >= 0.6 is 0 Å². The maximum Gasteiger partial charge on any atom is 0.155 e. The van der Waals surface area contributed by atoms with E-state index in [9.17, 15) is 8.42 Å². The molecule has 0 aromatic rings. The highest BCUT2D eigenvalue weighted by Gasteiger charge is 2.31. The third kappa shape index (κ3) is 4.25. The van der Waals surface area contributed by atoms with E-state index in [1.165, 1.54) is 12.8 Å². The maximum absolute atomic E-state index is 12.0. The van der Waals surface area contributed by atoms with Gasteiger partial charge in [-0.3, -0.25) is 0 Å². The first-order valence-electron chi connectivity index (χ1n) is 6.72. The minimum atomic E-state index is -2.94. The number of hydrogen-bond donors (Lipinski definition) is 1. The van der Waals surface area contributed by atoms with Crippen LogP contribution in [0.3, 0.4) is 0 Å². The molecular weight excluding hydrogens is 234 g/mol. The highest BCUT2D eigenvalue weighted by molar-refractivity contribution is 7.92. The summed E-state index contributed by atoms with van der Waals surface area (Å²) in [6.45, 7) is 8.50. The van der Waals surface area contributed by atoms with Crippen molar-refractivity contribution in [1.82, 2.24) is 5.32 Å². The molecule has 0 spiro atoms. The van der Waals surface area contributed by atoms with Crippen LogP contribution in [0.5, 0.6) is 0 Å². The second-order valence-electron chi connectivity index (χ2n) is 6.15. The first-order valence-corrected chi connectivity index (χ1v) is 8.37. The number of rotatable bonds is 5. The Kier molecular flexibility index (Phi) is 5.02. The molecule has 102 valence electrons. The molecule has 1 N–H and O–H groups in total. The van der Waals surface area contributed by atoms with Gasteiger partial charge in [0.1, 0.15) is 0 Å². The molecule has 0 bridgehead atoms. The van der Waals surface area contributed by atoms with Crippen LogP contribution in [0.15, 0.2) is 0 Å².